The summed E-state index contributed by atoms with van der Waals surface area (Å²) < 4.78 is 13.9. The van der Waals surface area contributed by atoms with Gasteiger partial charge in [-0.25, -0.2) is 9.38 Å². The highest BCUT2D eigenvalue weighted by Crippen LogP contribution is 2.24. The van der Waals surface area contributed by atoms with Crippen molar-refractivity contribution in [3.63, 3.8) is 0 Å². The molecule has 0 atom stereocenters. The quantitative estimate of drug-likeness (QED) is 0.389. The minimum absolute atomic E-state index is 0.0613. The van der Waals surface area contributed by atoms with Crippen LogP contribution in [0.4, 0.5) is 10.1 Å². The van der Waals surface area contributed by atoms with Gasteiger partial charge in [0.1, 0.15) is 11.9 Å². The number of hydrogen-bond acceptors (Lipinski definition) is 2. The third-order valence-electron chi connectivity index (χ3n) is 1.64. The topological polar surface area (TPSA) is 127 Å². The van der Waals surface area contributed by atoms with Crippen LogP contribution in [0.15, 0.2) is 22.1 Å². The van der Waals surface area contributed by atoms with E-state index in [-0.39, 0.29) is 23.2 Å². The zero-order valence-electron chi connectivity index (χ0n) is 8.48. The molecule has 0 unspecified atom stereocenters. The van der Waals surface area contributed by atoms with Gasteiger partial charge < -0.3 is 17.2 Å². The summed E-state index contributed by atoms with van der Waals surface area (Å²) in [5, 5.41) is 8.63. The van der Waals surface area contributed by atoms with Crippen molar-refractivity contribution in [2.45, 2.75) is 0 Å². The Hall–Kier alpha value is -1.89. The fourth-order valence-electron chi connectivity index (χ4n) is 0.988. The molecule has 0 fully saturated rings. The van der Waals surface area contributed by atoms with Crippen LogP contribution in [0, 0.1) is 20.7 Å². The maximum atomic E-state index is 13.3. The molecule has 0 heterocycles. The predicted molar refractivity (Wildman–Crippen MR) is 70.9 cm³/mol. The second-order valence-electron chi connectivity index (χ2n) is 2.90. The number of halogens is 2. The van der Waals surface area contributed by atoms with E-state index in [1.807, 2.05) is 22.6 Å². The first-order chi connectivity index (χ1) is 7.93. The largest absolute Gasteiger partial charge is 0.370 e. The van der Waals surface area contributed by atoms with Crippen molar-refractivity contribution in [1.29, 1.82) is 5.26 Å². The second kappa shape index (κ2) is 5.44. The number of rotatable bonds is 1. The molecular weight excluding hydrogens is 338 g/mol. The van der Waals surface area contributed by atoms with Crippen molar-refractivity contribution in [3.05, 3.63) is 27.1 Å². The monoisotopic (exact) mass is 346 g/mol. The Morgan fingerprint density at radius 2 is 2.00 bits per heavy atom. The minimum Gasteiger partial charge on any atom is -0.370 e. The molecule has 0 aliphatic heterocycles. The van der Waals surface area contributed by atoms with Crippen LogP contribution in [0.2, 0.25) is 0 Å². The van der Waals surface area contributed by atoms with Crippen LogP contribution in [-0.2, 0) is 0 Å². The van der Waals surface area contributed by atoms with Gasteiger partial charge in [0.15, 0.2) is 5.96 Å². The van der Waals surface area contributed by atoms with Crippen molar-refractivity contribution in [2.75, 3.05) is 0 Å². The molecule has 1 rings (SSSR count). The molecule has 0 aliphatic carbocycles. The Labute approximate surface area is 110 Å². The average Bonchev–Trinajstić information content (AvgIpc) is 2.21. The van der Waals surface area contributed by atoms with Crippen LogP contribution in [-0.4, -0.2) is 11.9 Å². The Morgan fingerprint density at radius 1 is 1.35 bits per heavy atom. The van der Waals surface area contributed by atoms with Crippen molar-refractivity contribution in [1.82, 2.24) is 0 Å². The average molecular weight is 346 g/mol. The minimum atomic E-state index is -0.677. The van der Waals surface area contributed by atoms with Crippen LogP contribution in [0.3, 0.4) is 0 Å². The summed E-state index contributed by atoms with van der Waals surface area (Å²) >= 11 is 1.90. The first kappa shape index (κ1) is 13.2. The van der Waals surface area contributed by atoms with Gasteiger partial charge in [0, 0.05) is 9.64 Å². The lowest BCUT2D eigenvalue weighted by molar-refractivity contribution is 0.624. The molecule has 0 radical (unpaired) electrons. The molecule has 0 amide bonds. The molecule has 6 N–H and O–H groups in total. The lowest BCUT2D eigenvalue weighted by atomic mass is 10.2. The van der Waals surface area contributed by atoms with E-state index in [9.17, 15) is 4.39 Å². The molecule has 88 valence electrons. The van der Waals surface area contributed by atoms with Gasteiger partial charge in [0.05, 0.1) is 11.3 Å². The molecule has 1 aromatic rings. The number of hydrogen-bond donors (Lipinski definition) is 3. The molecule has 0 spiro atoms. The zero-order valence-corrected chi connectivity index (χ0v) is 10.6. The fourth-order valence-corrected chi connectivity index (χ4v) is 1.58. The number of benzene rings is 1. The summed E-state index contributed by atoms with van der Waals surface area (Å²) in [6, 6.07) is 4.17. The van der Waals surface area contributed by atoms with Gasteiger partial charge in [-0.2, -0.15) is 10.3 Å². The molecule has 1 aromatic carbocycles. The summed E-state index contributed by atoms with van der Waals surface area (Å²) in [7, 11) is 0. The Morgan fingerprint density at radius 3 is 2.53 bits per heavy atom. The highest BCUT2D eigenvalue weighted by Gasteiger charge is 2.07. The molecule has 8 heteroatoms. The molecule has 0 saturated carbocycles. The van der Waals surface area contributed by atoms with E-state index in [0.29, 0.717) is 3.57 Å². The van der Waals surface area contributed by atoms with Crippen LogP contribution >= 0.6 is 22.6 Å². The van der Waals surface area contributed by atoms with E-state index in [2.05, 4.69) is 9.98 Å². The van der Waals surface area contributed by atoms with Crippen molar-refractivity contribution in [2.24, 2.45) is 27.2 Å². The Kier molecular flexibility index (Phi) is 4.22. The van der Waals surface area contributed by atoms with Crippen molar-refractivity contribution in [3.8, 4) is 6.07 Å². The summed E-state index contributed by atoms with van der Waals surface area (Å²) in [6.07, 6.45) is 0. The highest BCUT2D eigenvalue weighted by molar-refractivity contribution is 14.1. The van der Waals surface area contributed by atoms with E-state index in [1.54, 1.807) is 6.07 Å². The van der Waals surface area contributed by atoms with Crippen LogP contribution in [0.1, 0.15) is 5.56 Å². The third-order valence-corrected chi connectivity index (χ3v) is 2.50. The summed E-state index contributed by atoms with van der Waals surface area (Å²) in [6.45, 7) is 0. The maximum Gasteiger partial charge on any atom is 0.223 e. The van der Waals surface area contributed by atoms with Crippen molar-refractivity contribution < 1.29 is 4.39 Å². The first-order valence-electron chi connectivity index (χ1n) is 4.27. The smallest absolute Gasteiger partial charge is 0.223 e. The van der Waals surface area contributed by atoms with Gasteiger partial charge >= 0.3 is 0 Å². The van der Waals surface area contributed by atoms with Gasteiger partial charge in [-0.1, -0.05) is 0 Å². The molecule has 0 bridgehead atoms. The molecule has 6 nitrogen and oxygen atoms in total. The SMILES string of the molecule is N#Cc1cc(I)c(N=C(N)N=C(N)N)cc1F. The zero-order chi connectivity index (χ0) is 13.0. The lowest BCUT2D eigenvalue weighted by Gasteiger charge is -2.01. The predicted octanol–water partition coefficient (Wildman–Crippen LogP) is 0.522. The van der Waals surface area contributed by atoms with E-state index in [0.717, 1.165) is 6.07 Å². The highest BCUT2D eigenvalue weighted by atomic mass is 127. The van der Waals surface area contributed by atoms with Crippen molar-refractivity contribution >= 4 is 40.2 Å². The van der Waals surface area contributed by atoms with E-state index >= 15 is 0 Å². The molecule has 0 aliphatic rings. The van der Waals surface area contributed by atoms with Gasteiger partial charge in [0.25, 0.3) is 0 Å². The Balaban J connectivity index is 3.22. The van der Waals surface area contributed by atoms with Gasteiger partial charge in [-0.15, -0.1) is 0 Å². The Bertz CT molecular complexity index is 541. The summed E-state index contributed by atoms with van der Waals surface area (Å²) in [4.78, 5) is 7.32. The number of aliphatic imine (C=N–C) groups is 2. The lowest BCUT2D eigenvalue weighted by Crippen LogP contribution is -2.26. The number of nitriles is 1. The third kappa shape index (κ3) is 3.56. The maximum absolute atomic E-state index is 13.3. The molecular formula is C9H8FIN6. The first-order valence-corrected chi connectivity index (χ1v) is 5.35. The van der Waals surface area contributed by atoms with Crippen LogP contribution in [0.5, 0.6) is 0 Å². The van der Waals surface area contributed by atoms with E-state index in [4.69, 9.17) is 22.5 Å². The van der Waals surface area contributed by atoms with Gasteiger partial charge in [0.2, 0.25) is 5.96 Å². The summed E-state index contributed by atoms with van der Waals surface area (Å²) in [5.74, 6) is -1.11. The van der Waals surface area contributed by atoms with Gasteiger partial charge in [-0.05, 0) is 28.7 Å². The molecule has 0 aromatic heterocycles. The fraction of sp³-hybridized carbons (Fsp3) is 0. The van der Waals surface area contributed by atoms with Crippen LogP contribution < -0.4 is 17.2 Å². The van der Waals surface area contributed by atoms with Gasteiger partial charge in [-0.3, -0.25) is 0 Å². The van der Waals surface area contributed by atoms with E-state index in [1.165, 1.54) is 6.07 Å². The normalized spacial score (nSPS) is 10.8. The summed E-state index contributed by atoms with van der Waals surface area (Å²) in [5.41, 5.74) is 15.8. The number of nitrogens with two attached hydrogens (primary N) is 3. The number of nitrogens with zero attached hydrogens (tertiary/aromatic N) is 3. The molecule has 0 saturated heterocycles. The standard InChI is InChI=1S/C9H8FIN6/c10-5-2-7(6(11)1-4(5)3-12)16-9(15)17-8(13)14/h1-2H,(H6,13,14,15,16,17). The van der Waals surface area contributed by atoms with Crippen LogP contribution in [0.25, 0.3) is 0 Å². The number of guanidine groups is 2. The second-order valence-corrected chi connectivity index (χ2v) is 4.06. The molecule has 17 heavy (non-hydrogen) atoms. The van der Waals surface area contributed by atoms with E-state index < -0.39 is 5.82 Å².